The Labute approximate surface area is 150 Å². The summed E-state index contributed by atoms with van der Waals surface area (Å²) in [5.41, 5.74) is 3.42. The predicted octanol–water partition coefficient (Wildman–Crippen LogP) is 3.37. The van der Waals surface area contributed by atoms with E-state index in [9.17, 15) is 5.26 Å². The van der Waals surface area contributed by atoms with Crippen molar-refractivity contribution in [2.24, 2.45) is 5.92 Å². The largest absolute Gasteiger partial charge is 0.348 e. The minimum atomic E-state index is -0.415. The second-order valence-electron chi connectivity index (χ2n) is 8.20. The first kappa shape index (κ1) is 17.0. The van der Waals surface area contributed by atoms with Crippen molar-refractivity contribution in [3.63, 3.8) is 0 Å². The molecule has 0 N–H and O–H groups in total. The third-order valence-electron chi connectivity index (χ3n) is 7.04. The van der Waals surface area contributed by atoms with Gasteiger partial charge < -0.3 is 14.4 Å². The van der Waals surface area contributed by atoms with Crippen molar-refractivity contribution in [2.75, 3.05) is 26.8 Å². The molecule has 3 unspecified atom stereocenters. The van der Waals surface area contributed by atoms with Crippen LogP contribution < -0.4 is 0 Å². The molecule has 0 bridgehead atoms. The molecule has 2 saturated heterocycles. The molecule has 0 radical (unpaired) electrons. The van der Waals surface area contributed by atoms with Crippen LogP contribution in [-0.2, 0) is 14.9 Å². The highest BCUT2D eigenvalue weighted by Gasteiger charge is 2.57. The summed E-state index contributed by atoms with van der Waals surface area (Å²) in [4.78, 5) is 2.49. The molecule has 4 nitrogen and oxygen atoms in total. The molecule has 1 aromatic rings. The number of piperidine rings is 1. The van der Waals surface area contributed by atoms with Gasteiger partial charge in [-0.05, 0) is 69.5 Å². The number of rotatable bonds is 1. The third kappa shape index (κ3) is 2.61. The van der Waals surface area contributed by atoms with E-state index in [4.69, 9.17) is 9.47 Å². The molecule has 4 rings (SSSR count). The third-order valence-corrected chi connectivity index (χ3v) is 7.04. The van der Waals surface area contributed by atoms with Crippen molar-refractivity contribution in [1.29, 1.82) is 5.26 Å². The summed E-state index contributed by atoms with van der Waals surface area (Å²) in [6.45, 7) is 7.02. The van der Waals surface area contributed by atoms with Gasteiger partial charge in [0, 0.05) is 24.3 Å². The minimum Gasteiger partial charge on any atom is -0.348 e. The van der Waals surface area contributed by atoms with Crippen LogP contribution in [0.4, 0.5) is 0 Å². The molecule has 1 aliphatic carbocycles. The molecule has 25 heavy (non-hydrogen) atoms. The number of hydrogen-bond donors (Lipinski definition) is 0. The zero-order valence-electron chi connectivity index (χ0n) is 15.5. The first-order valence-electron chi connectivity index (χ1n) is 9.49. The predicted molar refractivity (Wildman–Crippen MR) is 96.3 cm³/mol. The van der Waals surface area contributed by atoms with Gasteiger partial charge in [0.05, 0.1) is 24.8 Å². The van der Waals surface area contributed by atoms with Gasteiger partial charge >= 0.3 is 0 Å². The minimum absolute atomic E-state index is 0.0332. The Balaban J connectivity index is 1.84. The maximum Gasteiger partial charge on any atom is 0.169 e. The molecular weight excluding hydrogens is 312 g/mol. The normalized spacial score (nSPS) is 34.6. The lowest BCUT2D eigenvalue weighted by molar-refractivity contribution is -0.210. The van der Waals surface area contributed by atoms with Crippen LogP contribution in [0.15, 0.2) is 18.2 Å². The van der Waals surface area contributed by atoms with Gasteiger partial charge in [0.1, 0.15) is 0 Å². The summed E-state index contributed by atoms with van der Waals surface area (Å²) >= 11 is 0. The molecule has 3 aliphatic rings. The van der Waals surface area contributed by atoms with Gasteiger partial charge in [-0.1, -0.05) is 6.07 Å². The van der Waals surface area contributed by atoms with E-state index in [2.05, 4.69) is 44.0 Å². The Morgan fingerprint density at radius 3 is 2.72 bits per heavy atom. The highest BCUT2D eigenvalue weighted by Crippen LogP contribution is 2.56. The summed E-state index contributed by atoms with van der Waals surface area (Å²) in [6, 6.07) is 9.04. The summed E-state index contributed by atoms with van der Waals surface area (Å²) in [5.74, 6) is 0.152. The van der Waals surface area contributed by atoms with Gasteiger partial charge in [-0.15, -0.1) is 0 Å². The summed E-state index contributed by atoms with van der Waals surface area (Å²) in [5, 5.41) is 9.44. The Morgan fingerprint density at radius 1 is 1.24 bits per heavy atom. The number of aryl methyl sites for hydroxylation is 1. The average Bonchev–Trinajstić information content (AvgIpc) is 3.06. The fraction of sp³-hybridized carbons (Fsp3) is 0.667. The van der Waals surface area contributed by atoms with E-state index in [1.54, 1.807) is 0 Å². The molecule has 1 aromatic carbocycles. The number of fused-ring (bicyclic) bond motifs is 1. The summed E-state index contributed by atoms with van der Waals surface area (Å²) < 4.78 is 12.3. The van der Waals surface area contributed by atoms with E-state index in [0.29, 0.717) is 25.2 Å². The van der Waals surface area contributed by atoms with Crippen molar-refractivity contribution >= 4 is 0 Å². The molecule has 0 amide bonds. The van der Waals surface area contributed by atoms with Crippen LogP contribution in [-0.4, -0.2) is 43.5 Å². The Morgan fingerprint density at radius 2 is 2.00 bits per heavy atom. The zero-order valence-corrected chi connectivity index (χ0v) is 15.5. The maximum atomic E-state index is 9.44. The van der Waals surface area contributed by atoms with E-state index in [-0.39, 0.29) is 5.41 Å². The van der Waals surface area contributed by atoms with E-state index in [0.717, 1.165) is 37.8 Å². The quantitative estimate of drug-likeness (QED) is 0.786. The van der Waals surface area contributed by atoms with E-state index < -0.39 is 5.79 Å². The number of nitriles is 1. The number of likely N-dealkylation sites (tertiary alicyclic amines) is 1. The van der Waals surface area contributed by atoms with Crippen molar-refractivity contribution in [2.45, 2.75) is 56.8 Å². The standard InChI is InChI=1S/C21H28N2O2/c1-15-4-5-17(13-22)12-19(15)20-8-9-23(3)16(2)18(20)6-7-21(14-20)24-10-11-25-21/h4-5,12,16,18H,6-11,14H2,1-3H3. The molecular formula is C21H28N2O2. The molecule has 2 heterocycles. The second kappa shape index (κ2) is 6.09. The summed E-state index contributed by atoms with van der Waals surface area (Å²) in [6.07, 6.45) is 4.11. The SMILES string of the molecule is Cc1ccc(C#N)cc1C12CCN(C)C(C)C1CCC1(C2)OCCO1. The van der Waals surface area contributed by atoms with Gasteiger partial charge in [0.2, 0.25) is 0 Å². The number of benzene rings is 1. The lowest BCUT2D eigenvalue weighted by atomic mass is 9.55. The number of hydrogen-bond acceptors (Lipinski definition) is 4. The highest BCUT2D eigenvalue weighted by atomic mass is 16.7. The molecule has 3 fully saturated rings. The number of nitrogens with zero attached hydrogens (tertiary/aromatic N) is 2. The first-order chi connectivity index (χ1) is 12.0. The second-order valence-corrected chi connectivity index (χ2v) is 8.20. The van der Waals surface area contributed by atoms with Crippen LogP contribution in [0.25, 0.3) is 0 Å². The topological polar surface area (TPSA) is 45.5 Å². The lowest BCUT2D eigenvalue weighted by Gasteiger charge is -2.57. The Kier molecular flexibility index (Phi) is 4.15. The molecule has 134 valence electrons. The van der Waals surface area contributed by atoms with Crippen LogP contribution in [0.5, 0.6) is 0 Å². The van der Waals surface area contributed by atoms with Gasteiger partial charge in [0.15, 0.2) is 5.79 Å². The Bertz CT molecular complexity index is 704. The lowest BCUT2D eigenvalue weighted by Crippen LogP contribution is -2.60. The van der Waals surface area contributed by atoms with Crippen molar-refractivity contribution < 1.29 is 9.47 Å². The first-order valence-corrected chi connectivity index (χ1v) is 9.49. The smallest absolute Gasteiger partial charge is 0.169 e. The van der Waals surface area contributed by atoms with E-state index in [1.165, 1.54) is 11.1 Å². The van der Waals surface area contributed by atoms with Crippen LogP contribution in [0, 0.1) is 24.2 Å². The van der Waals surface area contributed by atoms with E-state index >= 15 is 0 Å². The van der Waals surface area contributed by atoms with Crippen LogP contribution in [0.1, 0.15) is 49.3 Å². The van der Waals surface area contributed by atoms with Crippen LogP contribution in [0.3, 0.4) is 0 Å². The van der Waals surface area contributed by atoms with Crippen molar-refractivity contribution in [3.8, 4) is 6.07 Å². The van der Waals surface area contributed by atoms with Crippen molar-refractivity contribution in [3.05, 3.63) is 34.9 Å². The number of ether oxygens (including phenoxy) is 2. The average molecular weight is 340 g/mol. The molecule has 3 atom stereocenters. The van der Waals surface area contributed by atoms with Crippen LogP contribution in [0.2, 0.25) is 0 Å². The monoisotopic (exact) mass is 340 g/mol. The van der Waals surface area contributed by atoms with E-state index in [1.807, 2.05) is 6.07 Å². The fourth-order valence-electron chi connectivity index (χ4n) is 5.62. The summed E-state index contributed by atoms with van der Waals surface area (Å²) in [7, 11) is 2.24. The van der Waals surface area contributed by atoms with Gasteiger partial charge in [-0.25, -0.2) is 0 Å². The molecule has 1 spiro atoms. The molecule has 1 saturated carbocycles. The van der Waals surface area contributed by atoms with Gasteiger partial charge in [0.25, 0.3) is 0 Å². The molecule has 4 heteroatoms. The van der Waals surface area contributed by atoms with Gasteiger partial charge in [-0.2, -0.15) is 5.26 Å². The highest BCUT2D eigenvalue weighted by molar-refractivity contribution is 5.43. The van der Waals surface area contributed by atoms with Crippen LogP contribution >= 0.6 is 0 Å². The van der Waals surface area contributed by atoms with Gasteiger partial charge in [-0.3, -0.25) is 0 Å². The Hall–Kier alpha value is -1.41. The van der Waals surface area contributed by atoms with Crippen molar-refractivity contribution in [1.82, 2.24) is 4.90 Å². The molecule has 0 aromatic heterocycles. The zero-order chi connectivity index (χ0) is 17.7. The fourth-order valence-corrected chi connectivity index (χ4v) is 5.62. The molecule has 2 aliphatic heterocycles. The maximum absolute atomic E-state index is 9.44.